The lowest BCUT2D eigenvalue weighted by Crippen LogP contribution is -2.20. The monoisotopic (exact) mass is 252 g/mol. The molecule has 0 saturated carbocycles. The molecule has 1 aromatic carbocycles. The number of nitrogens with zero attached hydrogens (tertiary/aromatic N) is 1. The van der Waals surface area contributed by atoms with Crippen molar-refractivity contribution in [3.05, 3.63) is 30.3 Å². The van der Waals surface area contributed by atoms with Gasteiger partial charge in [-0.3, -0.25) is 0 Å². The minimum Gasteiger partial charge on any atom is -0.449 e. The van der Waals surface area contributed by atoms with E-state index in [0.29, 0.717) is 6.61 Å². The Balaban J connectivity index is 2.31. The lowest BCUT2D eigenvalue weighted by Gasteiger charge is -2.03. The Labute approximate surface area is 105 Å². The highest BCUT2D eigenvalue weighted by Gasteiger charge is 1.99. The van der Waals surface area contributed by atoms with E-state index >= 15 is 0 Å². The maximum atomic E-state index is 11.0. The van der Waals surface area contributed by atoms with Crippen molar-refractivity contribution >= 4 is 23.6 Å². The number of benzene rings is 1. The summed E-state index contributed by atoms with van der Waals surface area (Å²) < 4.78 is 4.69. The molecule has 0 radical (unpaired) electrons. The highest BCUT2D eigenvalue weighted by molar-refractivity contribution is 8.00. The molecule has 1 aromatic rings. The van der Waals surface area contributed by atoms with Gasteiger partial charge in [0.1, 0.15) is 0 Å². The number of carbonyl (C=O) groups excluding carboxylic acids is 1. The van der Waals surface area contributed by atoms with E-state index in [1.165, 1.54) is 4.90 Å². The molecule has 1 amide bonds. The lowest BCUT2D eigenvalue weighted by atomic mass is 10.4. The third-order valence-electron chi connectivity index (χ3n) is 1.80. The fourth-order valence-electron chi connectivity index (χ4n) is 1.04. The molecule has 0 aliphatic heterocycles. The number of hydrogen-bond acceptors (Lipinski definition) is 4. The first-order valence-electron chi connectivity index (χ1n) is 5.36. The van der Waals surface area contributed by atoms with Gasteiger partial charge < -0.3 is 4.74 Å². The van der Waals surface area contributed by atoms with E-state index in [-0.39, 0.29) is 0 Å². The number of hydrogen-bond donors (Lipinski definition) is 1. The van der Waals surface area contributed by atoms with Gasteiger partial charge >= 0.3 is 6.09 Å². The van der Waals surface area contributed by atoms with Crippen LogP contribution in [0.2, 0.25) is 0 Å². The van der Waals surface area contributed by atoms with E-state index in [9.17, 15) is 4.79 Å². The second kappa shape index (κ2) is 7.73. The van der Waals surface area contributed by atoms with E-state index < -0.39 is 6.09 Å². The normalized spacial score (nSPS) is 11.1. The summed E-state index contributed by atoms with van der Waals surface area (Å²) in [6.07, 6.45) is -0.517. The second-order valence-electron chi connectivity index (χ2n) is 3.28. The maximum absolute atomic E-state index is 11.0. The van der Waals surface area contributed by atoms with Gasteiger partial charge in [-0.2, -0.15) is 5.10 Å². The topological polar surface area (TPSA) is 50.7 Å². The standard InChI is InChI=1S/C12H16N2O2S/c1-3-16-12(15)14-13-10(2)9-17-11-7-5-4-6-8-11/h4-8H,3,9H2,1-2H3,(H,14,15)/b13-10+. The van der Waals surface area contributed by atoms with Gasteiger partial charge in [-0.1, -0.05) is 18.2 Å². The Morgan fingerprint density at radius 1 is 1.41 bits per heavy atom. The molecule has 0 aliphatic carbocycles. The van der Waals surface area contributed by atoms with Crippen LogP contribution in [-0.2, 0) is 4.74 Å². The number of thioether (sulfide) groups is 1. The summed E-state index contributed by atoms with van der Waals surface area (Å²) in [5.74, 6) is 0.733. The molecule has 0 atom stereocenters. The SMILES string of the molecule is CCOC(=O)N/N=C(\C)CSc1ccccc1. The third kappa shape index (κ3) is 5.97. The molecule has 0 heterocycles. The van der Waals surface area contributed by atoms with E-state index in [2.05, 4.69) is 10.5 Å². The zero-order chi connectivity index (χ0) is 12.5. The molecule has 0 bridgehead atoms. The van der Waals surface area contributed by atoms with Gasteiger partial charge in [-0.25, -0.2) is 10.2 Å². The second-order valence-corrected chi connectivity index (χ2v) is 4.33. The molecular formula is C12H16N2O2S. The lowest BCUT2D eigenvalue weighted by molar-refractivity contribution is 0.152. The summed E-state index contributed by atoms with van der Waals surface area (Å²) in [5.41, 5.74) is 3.17. The number of amides is 1. The molecule has 0 unspecified atom stereocenters. The van der Waals surface area contributed by atoms with Crippen molar-refractivity contribution in [2.24, 2.45) is 5.10 Å². The van der Waals surface area contributed by atoms with Crippen LogP contribution in [0.5, 0.6) is 0 Å². The van der Waals surface area contributed by atoms with Gasteiger partial charge in [0.2, 0.25) is 0 Å². The number of nitrogens with one attached hydrogen (secondary N) is 1. The van der Waals surface area contributed by atoms with Crippen molar-refractivity contribution < 1.29 is 9.53 Å². The molecular weight excluding hydrogens is 236 g/mol. The van der Waals surface area contributed by atoms with Gasteiger partial charge in [0.25, 0.3) is 0 Å². The largest absolute Gasteiger partial charge is 0.449 e. The molecule has 1 rings (SSSR count). The molecule has 17 heavy (non-hydrogen) atoms. The van der Waals surface area contributed by atoms with Crippen LogP contribution in [0.4, 0.5) is 4.79 Å². The number of rotatable bonds is 5. The molecule has 0 aromatic heterocycles. The van der Waals surface area contributed by atoms with Gasteiger partial charge in [0, 0.05) is 16.4 Å². The summed E-state index contributed by atoms with van der Waals surface area (Å²) in [6, 6.07) is 10.0. The fraction of sp³-hybridized carbons (Fsp3) is 0.333. The molecule has 0 saturated heterocycles. The summed E-state index contributed by atoms with van der Waals surface area (Å²) >= 11 is 1.67. The Morgan fingerprint density at radius 3 is 2.76 bits per heavy atom. The first-order chi connectivity index (χ1) is 8.22. The molecule has 0 fully saturated rings. The van der Waals surface area contributed by atoms with Crippen LogP contribution < -0.4 is 5.43 Å². The summed E-state index contributed by atoms with van der Waals surface area (Å²) in [5, 5.41) is 3.93. The Bertz CT molecular complexity index is 379. The average molecular weight is 252 g/mol. The van der Waals surface area contributed by atoms with Crippen molar-refractivity contribution in [3.63, 3.8) is 0 Å². The Hall–Kier alpha value is -1.49. The summed E-state index contributed by atoms with van der Waals surface area (Å²) in [6.45, 7) is 3.96. The molecule has 0 spiro atoms. The van der Waals surface area contributed by atoms with Gasteiger partial charge in [0.15, 0.2) is 0 Å². The number of carbonyl (C=O) groups is 1. The van der Waals surface area contributed by atoms with Gasteiger partial charge in [-0.05, 0) is 26.0 Å². The van der Waals surface area contributed by atoms with Gasteiger partial charge in [0.05, 0.1) is 6.61 Å². The van der Waals surface area contributed by atoms with Crippen LogP contribution in [0.15, 0.2) is 40.3 Å². The predicted molar refractivity (Wildman–Crippen MR) is 70.4 cm³/mol. The minimum absolute atomic E-state index is 0.346. The van der Waals surface area contributed by atoms with Crippen LogP contribution >= 0.6 is 11.8 Å². The van der Waals surface area contributed by atoms with E-state index in [1.807, 2.05) is 37.3 Å². The first kappa shape index (κ1) is 13.6. The van der Waals surface area contributed by atoms with Crippen LogP contribution in [0.3, 0.4) is 0 Å². The van der Waals surface area contributed by atoms with Crippen molar-refractivity contribution in [1.82, 2.24) is 5.43 Å². The van der Waals surface area contributed by atoms with E-state index in [4.69, 9.17) is 4.74 Å². The maximum Gasteiger partial charge on any atom is 0.427 e. The van der Waals surface area contributed by atoms with Crippen LogP contribution in [0.1, 0.15) is 13.8 Å². The van der Waals surface area contributed by atoms with Crippen LogP contribution in [-0.4, -0.2) is 24.2 Å². The first-order valence-corrected chi connectivity index (χ1v) is 6.34. The Kier molecular flexibility index (Phi) is 6.17. The zero-order valence-electron chi connectivity index (χ0n) is 9.97. The molecule has 4 nitrogen and oxygen atoms in total. The van der Waals surface area contributed by atoms with Crippen molar-refractivity contribution in [1.29, 1.82) is 0 Å². The highest BCUT2D eigenvalue weighted by atomic mass is 32.2. The summed E-state index contributed by atoms with van der Waals surface area (Å²) in [4.78, 5) is 12.2. The predicted octanol–water partition coefficient (Wildman–Crippen LogP) is 2.90. The zero-order valence-corrected chi connectivity index (χ0v) is 10.8. The smallest absolute Gasteiger partial charge is 0.427 e. The van der Waals surface area contributed by atoms with Gasteiger partial charge in [-0.15, -0.1) is 11.8 Å². The summed E-state index contributed by atoms with van der Waals surface area (Å²) in [7, 11) is 0. The molecule has 5 heteroatoms. The number of ether oxygens (including phenoxy) is 1. The van der Waals surface area contributed by atoms with Crippen molar-refractivity contribution in [2.45, 2.75) is 18.7 Å². The number of hydrazone groups is 1. The van der Waals surface area contributed by atoms with Crippen molar-refractivity contribution in [2.75, 3.05) is 12.4 Å². The van der Waals surface area contributed by atoms with E-state index in [0.717, 1.165) is 11.5 Å². The Morgan fingerprint density at radius 2 is 2.12 bits per heavy atom. The van der Waals surface area contributed by atoms with Crippen molar-refractivity contribution in [3.8, 4) is 0 Å². The molecule has 92 valence electrons. The molecule has 0 aliphatic rings. The average Bonchev–Trinajstić information content (AvgIpc) is 2.35. The molecule has 1 N–H and O–H groups in total. The third-order valence-corrected chi connectivity index (χ3v) is 2.97. The minimum atomic E-state index is -0.517. The fourth-order valence-corrected chi connectivity index (χ4v) is 1.83. The van der Waals surface area contributed by atoms with Crippen LogP contribution in [0, 0.1) is 0 Å². The highest BCUT2D eigenvalue weighted by Crippen LogP contribution is 2.16. The quantitative estimate of drug-likeness (QED) is 0.498. The van der Waals surface area contributed by atoms with Crippen LogP contribution in [0.25, 0.3) is 0 Å². The van der Waals surface area contributed by atoms with E-state index in [1.54, 1.807) is 18.7 Å².